The largest absolute Gasteiger partial charge is 0.481 e. The van der Waals surface area contributed by atoms with E-state index in [0.29, 0.717) is 47.2 Å². The molecule has 1 atom stereocenters. The molecule has 1 aliphatic carbocycles. The van der Waals surface area contributed by atoms with Gasteiger partial charge in [-0.15, -0.1) is 0 Å². The van der Waals surface area contributed by atoms with Crippen molar-refractivity contribution in [2.24, 2.45) is 0 Å². The number of carboxylic acids is 1. The van der Waals surface area contributed by atoms with Crippen LogP contribution in [0.2, 0.25) is 0 Å². The van der Waals surface area contributed by atoms with Gasteiger partial charge in [-0.2, -0.15) is 0 Å². The van der Waals surface area contributed by atoms with Crippen LogP contribution in [0.25, 0.3) is 22.3 Å². The lowest BCUT2D eigenvalue weighted by Gasteiger charge is -2.15. The Morgan fingerprint density at radius 3 is 2.58 bits per heavy atom. The van der Waals surface area contributed by atoms with Gasteiger partial charge in [0.1, 0.15) is 5.82 Å². The minimum Gasteiger partial charge on any atom is -0.481 e. The van der Waals surface area contributed by atoms with Gasteiger partial charge in [0.15, 0.2) is 0 Å². The summed E-state index contributed by atoms with van der Waals surface area (Å²) in [4.78, 5) is 33.6. The second kappa shape index (κ2) is 10.2. The fourth-order valence-corrected chi connectivity index (χ4v) is 4.76. The third kappa shape index (κ3) is 5.10. The first-order chi connectivity index (χ1) is 17.5. The number of amides is 1. The summed E-state index contributed by atoms with van der Waals surface area (Å²) < 4.78 is 13.5. The molecule has 182 valence electrons. The molecule has 1 aromatic heterocycles. The Morgan fingerprint density at radius 2 is 1.78 bits per heavy atom. The lowest BCUT2D eigenvalue weighted by Crippen LogP contribution is -2.27. The molecule has 0 aliphatic heterocycles. The van der Waals surface area contributed by atoms with Gasteiger partial charge in [-0.05, 0) is 85.7 Å². The van der Waals surface area contributed by atoms with Gasteiger partial charge in [0.25, 0.3) is 5.91 Å². The van der Waals surface area contributed by atoms with E-state index >= 15 is 0 Å². The molecule has 1 amide bonds. The summed E-state index contributed by atoms with van der Waals surface area (Å²) >= 11 is 0. The first-order valence-corrected chi connectivity index (χ1v) is 12.1. The summed E-state index contributed by atoms with van der Waals surface area (Å²) in [7, 11) is 0. The highest BCUT2D eigenvalue weighted by Crippen LogP contribution is 2.31. The number of rotatable bonds is 8. The van der Waals surface area contributed by atoms with E-state index in [1.54, 1.807) is 30.3 Å². The zero-order valence-electron chi connectivity index (χ0n) is 19.7. The van der Waals surface area contributed by atoms with E-state index in [2.05, 4.69) is 17.4 Å². The molecule has 4 aromatic rings. The van der Waals surface area contributed by atoms with Crippen LogP contribution in [0.15, 0.2) is 66.7 Å². The highest BCUT2D eigenvalue weighted by molar-refractivity contribution is 5.97. The molecule has 6 nitrogen and oxygen atoms in total. The van der Waals surface area contributed by atoms with Crippen molar-refractivity contribution in [3.05, 3.63) is 94.9 Å². The summed E-state index contributed by atoms with van der Waals surface area (Å²) in [5, 5.41) is 12.1. The normalized spacial score (nSPS) is 14.5. The number of halogens is 1. The fraction of sp³-hybridized carbons (Fsp3) is 0.241. The predicted molar refractivity (Wildman–Crippen MR) is 135 cm³/mol. The number of hydrogen-bond donors (Lipinski definition) is 2. The zero-order chi connectivity index (χ0) is 25.1. The SMILES string of the molecule is O=C(O)CCCCc1nc2cc(C(=O)N[C@@H]3CCc4ccccc43)ccc2nc1-c1ccc(F)cc1. The van der Waals surface area contributed by atoms with Gasteiger partial charge in [0.2, 0.25) is 0 Å². The van der Waals surface area contributed by atoms with E-state index in [1.807, 2.05) is 12.1 Å². The van der Waals surface area contributed by atoms with Crippen molar-refractivity contribution >= 4 is 22.9 Å². The van der Waals surface area contributed by atoms with E-state index in [0.717, 1.165) is 18.4 Å². The minimum atomic E-state index is -0.834. The van der Waals surface area contributed by atoms with E-state index in [4.69, 9.17) is 15.1 Å². The predicted octanol–water partition coefficient (Wildman–Crippen LogP) is 5.65. The number of nitrogens with zero attached hydrogens (tertiary/aromatic N) is 2. The van der Waals surface area contributed by atoms with Crippen LogP contribution < -0.4 is 5.32 Å². The number of fused-ring (bicyclic) bond motifs is 2. The van der Waals surface area contributed by atoms with Gasteiger partial charge < -0.3 is 10.4 Å². The highest BCUT2D eigenvalue weighted by Gasteiger charge is 2.24. The van der Waals surface area contributed by atoms with E-state index in [1.165, 1.54) is 23.3 Å². The Morgan fingerprint density at radius 1 is 0.972 bits per heavy atom. The Bertz CT molecular complexity index is 1440. The molecule has 2 N–H and O–H groups in total. The van der Waals surface area contributed by atoms with Crippen molar-refractivity contribution in [3.63, 3.8) is 0 Å². The van der Waals surface area contributed by atoms with Crippen LogP contribution in [0.3, 0.4) is 0 Å². The number of carbonyl (C=O) groups excluding carboxylic acids is 1. The smallest absolute Gasteiger partial charge is 0.303 e. The van der Waals surface area contributed by atoms with Crippen LogP contribution in [-0.2, 0) is 17.6 Å². The highest BCUT2D eigenvalue weighted by atomic mass is 19.1. The first kappa shape index (κ1) is 23.6. The van der Waals surface area contributed by atoms with Crippen LogP contribution in [0.4, 0.5) is 4.39 Å². The van der Waals surface area contributed by atoms with Gasteiger partial charge in [0.05, 0.1) is 28.5 Å². The Balaban J connectivity index is 1.43. The van der Waals surface area contributed by atoms with Crippen molar-refractivity contribution in [2.45, 2.75) is 44.6 Å². The minimum absolute atomic E-state index is 0.0128. The fourth-order valence-electron chi connectivity index (χ4n) is 4.76. The second-order valence-electron chi connectivity index (χ2n) is 9.09. The summed E-state index contributed by atoms with van der Waals surface area (Å²) in [5.74, 6) is -1.33. The number of carboxylic acid groups (broad SMARTS) is 1. The quantitative estimate of drug-likeness (QED) is 0.316. The van der Waals surface area contributed by atoms with Gasteiger partial charge in [0, 0.05) is 17.5 Å². The molecule has 0 bridgehead atoms. The Labute approximate surface area is 208 Å². The number of aromatic nitrogens is 2. The van der Waals surface area contributed by atoms with Gasteiger partial charge in [-0.25, -0.2) is 14.4 Å². The molecule has 0 unspecified atom stereocenters. The molecule has 7 heteroatoms. The summed E-state index contributed by atoms with van der Waals surface area (Å²) in [6.07, 6.45) is 3.58. The molecule has 0 fully saturated rings. The number of unbranched alkanes of at least 4 members (excludes halogenated alkanes) is 1. The maximum Gasteiger partial charge on any atom is 0.303 e. The third-order valence-corrected chi connectivity index (χ3v) is 6.61. The van der Waals surface area contributed by atoms with E-state index in [9.17, 15) is 14.0 Å². The van der Waals surface area contributed by atoms with Crippen molar-refractivity contribution in [2.75, 3.05) is 0 Å². The van der Waals surface area contributed by atoms with Crippen LogP contribution in [0.1, 0.15) is 58.9 Å². The number of aliphatic carboxylic acids is 1. The van der Waals surface area contributed by atoms with E-state index in [-0.39, 0.29) is 24.2 Å². The number of benzene rings is 3. The number of aryl methyl sites for hydroxylation is 2. The van der Waals surface area contributed by atoms with Gasteiger partial charge >= 0.3 is 5.97 Å². The maximum absolute atomic E-state index is 13.5. The summed E-state index contributed by atoms with van der Waals surface area (Å²) in [6.45, 7) is 0. The number of carbonyl (C=O) groups is 2. The summed E-state index contributed by atoms with van der Waals surface area (Å²) in [6, 6.07) is 19.5. The van der Waals surface area contributed by atoms with Crippen LogP contribution in [0.5, 0.6) is 0 Å². The third-order valence-electron chi connectivity index (χ3n) is 6.61. The molecule has 5 rings (SSSR count). The van der Waals surface area contributed by atoms with Crippen molar-refractivity contribution in [3.8, 4) is 11.3 Å². The molecule has 0 spiro atoms. The van der Waals surface area contributed by atoms with Crippen molar-refractivity contribution < 1.29 is 19.1 Å². The van der Waals surface area contributed by atoms with Crippen molar-refractivity contribution in [1.82, 2.24) is 15.3 Å². The monoisotopic (exact) mass is 483 g/mol. The lowest BCUT2D eigenvalue weighted by atomic mass is 10.0. The maximum atomic E-state index is 13.5. The Hall–Kier alpha value is -4.13. The molecule has 0 saturated heterocycles. The van der Waals surface area contributed by atoms with Crippen LogP contribution in [0, 0.1) is 5.82 Å². The molecule has 36 heavy (non-hydrogen) atoms. The average Bonchev–Trinajstić information content (AvgIpc) is 3.29. The molecule has 3 aromatic carbocycles. The molecule has 1 heterocycles. The first-order valence-electron chi connectivity index (χ1n) is 12.1. The van der Waals surface area contributed by atoms with Crippen molar-refractivity contribution in [1.29, 1.82) is 0 Å². The summed E-state index contributed by atoms with van der Waals surface area (Å²) in [5.41, 5.74) is 6.24. The van der Waals surface area contributed by atoms with Gasteiger partial charge in [-0.1, -0.05) is 24.3 Å². The molecular weight excluding hydrogens is 457 g/mol. The molecular formula is C29H26FN3O3. The molecule has 0 saturated carbocycles. The molecule has 1 aliphatic rings. The zero-order valence-corrected chi connectivity index (χ0v) is 19.7. The van der Waals surface area contributed by atoms with E-state index < -0.39 is 5.97 Å². The Kier molecular flexibility index (Phi) is 6.71. The topological polar surface area (TPSA) is 92.2 Å². The molecule has 0 radical (unpaired) electrons. The average molecular weight is 484 g/mol. The lowest BCUT2D eigenvalue weighted by molar-refractivity contribution is -0.137. The van der Waals surface area contributed by atoms with Crippen LogP contribution >= 0.6 is 0 Å². The van der Waals surface area contributed by atoms with Crippen LogP contribution in [-0.4, -0.2) is 27.0 Å². The number of nitrogens with one attached hydrogen (secondary N) is 1. The second-order valence-corrected chi connectivity index (χ2v) is 9.09. The number of hydrogen-bond acceptors (Lipinski definition) is 4. The standard InChI is InChI=1S/C29H26FN3O3/c30-21-13-9-19(10-14-21)28-25(7-3-4-8-27(34)35)31-26-17-20(12-16-24(26)32-28)29(36)33-23-15-11-18-5-1-2-6-22(18)23/h1-2,5-6,9-10,12-14,16-17,23H,3-4,7-8,11,15H2,(H,33,36)(H,34,35)/t23-/m1/s1. The van der Waals surface area contributed by atoms with Gasteiger partial charge in [-0.3, -0.25) is 9.59 Å².